The molecule has 1 amide bonds. The highest BCUT2D eigenvalue weighted by molar-refractivity contribution is 8.18. The number of hydrogen-bond acceptors (Lipinski definition) is 4. The molecular formula is C14H13ClN2O2S. The van der Waals surface area contributed by atoms with Gasteiger partial charge in [-0.2, -0.15) is 4.99 Å². The Balaban J connectivity index is 1.76. The molecule has 2 heterocycles. The summed E-state index contributed by atoms with van der Waals surface area (Å²) in [5.74, 6) is -0.184. The van der Waals surface area contributed by atoms with E-state index in [4.69, 9.17) is 16.3 Å². The van der Waals surface area contributed by atoms with Crippen LogP contribution in [0.25, 0.3) is 6.08 Å². The largest absolute Gasteiger partial charge is 0.378 e. The summed E-state index contributed by atoms with van der Waals surface area (Å²) < 4.78 is 5.30. The summed E-state index contributed by atoms with van der Waals surface area (Å²) in [5, 5.41) is 1.43. The summed E-state index contributed by atoms with van der Waals surface area (Å²) in [4.78, 5) is 18.8. The van der Waals surface area contributed by atoms with Gasteiger partial charge in [0.15, 0.2) is 5.17 Å². The zero-order chi connectivity index (χ0) is 13.9. The highest BCUT2D eigenvalue weighted by Gasteiger charge is 2.26. The predicted molar refractivity (Wildman–Crippen MR) is 81.9 cm³/mol. The number of ether oxygens (including phenoxy) is 1. The molecule has 0 atom stereocenters. The number of amides is 1. The molecule has 0 spiro atoms. The molecule has 0 bridgehead atoms. The molecule has 2 aliphatic rings. The van der Waals surface area contributed by atoms with Crippen molar-refractivity contribution in [1.82, 2.24) is 4.90 Å². The molecule has 4 nitrogen and oxygen atoms in total. The number of benzene rings is 1. The summed E-state index contributed by atoms with van der Waals surface area (Å²) >= 11 is 7.36. The van der Waals surface area contributed by atoms with E-state index >= 15 is 0 Å². The van der Waals surface area contributed by atoms with Gasteiger partial charge in [-0.15, -0.1) is 0 Å². The molecule has 0 unspecified atom stereocenters. The molecular weight excluding hydrogens is 296 g/mol. The first-order valence-corrected chi connectivity index (χ1v) is 7.53. The number of thioether (sulfide) groups is 1. The van der Waals surface area contributed by atoms with Crippen LogP contribution in [0.4, 0.5) is 0 Å². The minimum atomic E-state index is -0.184. The zero-order valence-electron chi connectivity index (χ0n) is 10.7. The van der Waals surface area contributed by atoms with E-state index in [1.54, 1.807) is 0 Å². The third-order valence-corrected chi connectivity index (χ3v) is 4.32. The van der Waals surface area contributed by atoms with Crippen LogP contribution >= 0.6 is 23.4 Å². The van der Waals surface area contributed by atoms with Gasteiger partial charge in [-0.25, -0.2) is 0 Å². The molecule has 0 radical (unpaired) electrons. The molecule has 20 heavy (non-hydrogen) atoms. The summed E-state index contributed by atoms with van der Waals surface area (Å²) in [7, 11) is 0. The second-order valence-corrected chi connectivity index (χ2v) is 5.91. The molecule has 1 aromatic rings. The number of carbonyl (C=O) groups excluding carboxylic acids is 1. The standard InChI is InChI=1S/C14H13ClN2O2S/c15-11-3-1-2-10(8-11)9-12-13(18)16-14(20-12)17-4-6-19-7-5-17/h1-3,8-9H,4-7H2/b12-9+. The van der Waals surface area contributed by atoms with Gasteiger partial charge in [-0.3, -0.25) is 4.79 Å². The first-order valence-electron chi connectivity index (χ1n) is 6.33. The van der Waals surface area contributed by atoms with Gasteiger partial charge in [0.25, 0.3) is 5.91 Å². The average molecular weight is 309 g/mol. The van der Waals surface area contributed by atoms with E-state index in [2.05, 4.69) is 9.89 Å². The van der Waals surface area contributed by atoms with Crippen molar-refractivity contribution in [2.24, 2.45) is 4.99 Å². The van der Waals surface area contributed by atoms with Crippen molar-refractivity contribution < 1.29 is 9.53 Å². The number of carbonyl (C=O) groups is 1. The number of halogens is 1. The lowest BCUT2D eigenvalue weighted by atomic mass is 10.2. The first-order chi connectivity index (χ1) is 9.72. The fraction of sp³-hybridized carbons (Fsp3) is 0.286. The highest BCUT2D eigenvalue weighted by atomic mass is 35.5. The fourth-order valence-electron chi connectivity index (χ4n) is 2.04. The Morgan fingerprint density at radius 2 is 2.15 bits per heavy atom. The van der Waals surface area contributed by atoms with Crippen LogP contribution in [0.3, 0.4) is 0 Å². The van der Waals surface area contributed by atoms with E-state index in [0.29, 0.717) is 23.1 Å². The molecule has 104 valence electrons. The van der Waals surface area contributed by atoms with E-state index in [0.717, 1.165) is 23.8 Å². The Labute approximate surface area is 126 Å². The van der Waals surface area contributed by atoms with Gasteiger partial charge in [0.05, 0.1) is 18.1 Å². The first kappa shape index (κ1) is 13.7. The average Bonchev–Trinajstić information content (AvgIpc) is 2.81. The van der Waals surface area contributed by atoms with E-state index in [-0.39, 0.29) is 5.91 Å². The number of rotatable bonds is 1. The fourth-order valence-corrected chi connectivity index (χ4v) is 3.20. The van der Waals surface area contributed by atoms with Crippen LogP contribution in [-0.4, -0.2) is 42.3 Å². The Hall–Kier alpha value is -1.30. The molecule has 0 aromatic heterocycles. The molecule has 2 aliphatic heterocycles. The maximum Gasteiger partial charge on any atom is 0.286 e. The normalized spacial score (nSPS) is 21.4. The molecule has 0 N–H and O–H groups in total. The maximum absolute atomic E-state index is 11.9. The van der Waals surface area contributed by atoms with Crippen molar-refractivity contribution in [2.75, 3.05) is 26.3 Å². The molecule has 0 saturated carbocycles. The number of morpholine rings is 1. The maximum atomic E-state index is 11.9. The third-order valence-electron chi connectivity index (χ3n) is 3.04. The molecule has 1 fully saturated rings. The van der Waals surface area contributed by atoms with E-state index in [9.17, 15) is 4.79 Å². The van der Waals surface area contributed by atoms with E-state index in [1.165, 1.54) is 11.8 Å². The molecule has 0 aliphatic carbocycles. The quantitative estimate of drug-likeness (QED) is 0.748. The van der Waals surface area contributed by atoms with Crippen LogP contribution in [0, 0.1) is 0 Å². The molecule has 3 rings (SSSR count). The zero-order valence-corrected chi connectivity index (χ0v) is 12.3. The van der Waals surface area contributed by atoms with Gasteiger partial charge in [0.1, 0.15) is 0 Å². The van der Waals surface area contributed by atoms with Crippen LogP contribution < -0.4 is 0 Å². The predicted octanol–water partition coefficient (Wildman–Crippen LogP) is 2.64. The highest BCUT2D eigenvalue weighted by Crippen LogP contribution is 2.30. The topological polar surface area (TPSA) is 41.9 Å². The summed E-state index contributed by atoms with van der Waals surface area (Å²) in [6, 6.07) is 7.42. The Morgan fingerprint density at radius 3 is 2.90 bits per heavy atom. The van der Waals surface area contributed by atoms with Crippen molar-refractivity contribution in [2.45, 2.75) is 0 Å². The monoisotopic (exact) mass is 308 g/mol. The summed E-state index contributed by atoms with van der Waals surface area (Å²) in [6.45, 7) is 2.93. The van der Waals surface area contributed by atoms with Crippen molar-refractivity contribution in [1.29, 1.82) is 0 Å². The van der Waals surface area contributed by atoms with Gasteiger partial charge in [0, 0.05) is 18.1 Å². The van der Waals surface area contributed by atoms with E-state index in [1.807, 2.05) is 30.3 Å². The van der Waals surface area contributed by atoms with Crippen LogP contribution in [-0.2, 0) is 9.53 Å². The van der Waals surface area contributed by atoms with Crippen LogP contribution in [0.5, 0.6) is 0 Å². The smallest absolute Gasteiger partial charge is 0.286 e. The van der Waals surface area contributed by atoms with Crippen LogP contribution in [0.2, 0.25) is 5.02 Å². The van der Waals surface area contributed by atoms with Crippen LogP contribution in [0.15, 0.2) is 34.2 Å². The lowest BCUT2D eigenvalue weighted by Gasteiger charge is -2.27. The number of amidine groups is 1. The van der Waals surface area contributed by atoms with Gasteiger partial charge in [-0.1, -0.05) is 23.7 Å². The molecule has 1 aromatic carbocycles. The Morgan fingerprint density at radius 1 is 1.35 bits per heavy atom. The summed E-state index contributed by atoms with van der Waals surface area (Å²) in [5.41, 5.74) is 0.909. The van der Waals surface area contributed by atoms with E-state index < -0.39 is 0 Å². The molecule has 1 saturated heterocycles. The lowest BCUT2D eigenvalue weighted by molar-refractivity contribution is -0.113. The number of hydrogen-bond donors (Lipinski definition) is 0. The Bertz CT molecular complexity index is 595. The minimum Gasteiger partial charge on any atom is -0.378 e. The lowest BCUT2D eigenvalue weighted by Crippen LogP contribution is -2.38. The van der Waals surface area contributed by atoms with Crippen molar-refractivity contribution in [3.05, 3.63) is 39.8 Å². The number of nitrogens with zero attached hydrogens (tertiary/aromatic N) is 2. The van der Waals surface area contributed by atoms with Gasteiger partial charge in [-0.05, 0) is 35.5 Å². The van der Waals surface area contributed by atoms with Crippen molar-refractivity contribution in [3.63, 3.8) is 0 Å². The van der Waals surface area contributed by atoms with Gasteiger partial charge in [0.2, 0.25) is 0 Å². The third kappa shape index (κ3) is 3.06. The van der Waals surface area contributed by atoms with Gasteiger partial charge < -0.3 is 9.64 Å². The van der Waals surface area contributed by atoms with Crippen LogP contribution in [0.1, 0.15) is 5.56 Å². The van der Waals surface area contributed by atoms with Crippen molar-refractivity contribution in [3.8, 4) is 0 Å². The second kappa shape index (κ2) is 5.99. The number of aliphatic imine (C=N–C) groups is 1. The SMILES string of the molecule is O=C1N=C(N2CCOCC2)S/C1=C/c1cccc(Cl)c1. The second-order valence-electron chi connectivity index (χ2n) is 4.46. The minimum absolute atomic E-state index is 0.184. The van der Waals surface area contributed by atoms with Gasteiger partial charge >= 0.3 is 0 Å². The van der Waals surface area contributed by atoms with Crippen molar-refractivity contribution >= 4 is 40.5 Å². The Kier molecular flexibility index (Phi) is 4.10. The molecule has 6 heteroatoms. The summed E-state index contributed by atoms with van der Waals surface area (Å²) in [6.07, 6.45) is 1.83.